The van der Waals surface area contributed by atoms with Gasteiger partial charge in [0.25, 0.3) is 5.91 Å². The Morgan fingerprint density at radius 2 is 1.66 bits per heavy atom. The van der Waals surface area contributed by atoms with E-state index in [1.807, 2.05) is 38.7 Å². The maximum Gasteiger partial charge on any atom is 0.494 e. The molecule has 0 saturated carbocycles. The van der Waals surface area contributed by atoms with Crippen LogP contribution in [0.15, 0.2) is 42.5 Å². The molecule has 2 heterocycles. The molecule has 186 valence electrons. The van der Waals surface area contributed by atoms with E-state index in [0.717, 1.165) is 5.56 Å². The number of primary amides is 1. The van der Waals surface area contributed by atoms with Gasteiger partial charge in [0.15, 0.2) is 0 Å². The van der Waals surface area contributed by atoms with Crippen molar-refractivity contribution < 1.29 is 28.7 Å². The van der Waals surface area contributed by atoms with Crippen molar-refractivity contribution in [3.8, 4) is 11.5 Å². The summed E-state index contributed by atoms with van der Waals surface area (Å²) in [6, 6.07) is 11.9. The van der Waals surface area contributed by atoms with E-state index >= 15 is 0 Å². The Morgan fingerprint density at radius 3 is 2.23 bits per heavy atom. The van der Waals surface area contributed by atoms with Crippen molar-refractivity contribution in [2.24, 2.45) is 5.73 Å². The molecule has 2 aromatic carbocycles. The fraction of sp³-hybridized carbons (Fsp3) is 0.462. The highest BCUT2D eigenvalue weighted by molar-refractivity contribution is 6.62. The normalized spacial score (nSPS) is 19.5. The van der Waals surface area contributed by atoms with Crippen LogP contribution in [0.5, 0.6) is 11.5 Å². The molecule has 3 N–H and O–H groups in total. The molecule has 9 heteroatoms. The van der Waals surface area contributed by atoms with Crippen molar-refractivity contribution in [2.45, 2.75) is 64.3 Å². The smallest absolute Gasteiger partial charge is 0.494 e. The molecule has 0 spiro atoms. The molecule has 8 nitrogen and oxygen atoms in total. The number of hydrogen-bond acceptors (Lipinski definition) is 6. The molecule has 0 atom stereocenters. The lowest BCUT2D eigenvalue weighted by Crippen LogP contribution is -2.42. The number of likely N-dealkylation sites (tertiary alicyclic amines) is 1. The molecule has 2 aromatic rings. The van der Waals surface area contributed by atoms with Crippen LogP contribution in [0.2, 0.25) is 0 Å². The highest BCUT2D eigenvalue weighted by Crippen LogP contribution is 2.36. The van der Waals surface area contributed by atoms with Crippen LogP contribution in [0.25, 0.3) is 0 Å². The number of piperidine rings is 1. The second kappa shape index (κ2) is 9.55. The molecule has 0 unspecified atom stereocenters. The van der Waals surface area contributed by atoms with Gasteiger partial charge in [-0.2, -0.15) is 0 Å². The quantitative estimate of drug-likeness (QED) is 0.615. The lowest BCUT2D eigenvalue weighted by Gasteiger charge is -2.32. The summed E-state index contributed by atoms with van der Waals surface area (Å²) < 4.78 is 18.3. The van der Waals surface area contributed by atoms with E-state index in [2.05, 4.69) is 0 Å². The predicted octanol–water partition coefficient (Wildman–Crippen LogP) is 2.40. The van der Waals surface area contributed by atoms with Crippen LogP contribution in [0.1, 0.15) is 56.5 Å². The number of phenols is 1. The molecule has 35 heavy (non-hydrogen) atoms. The zero-order chi connectivity index (χ0) is 25.4. The minimum atomic E-state index is -0.602. The first-order valence-electron chi connectivity index (χ1n) is 12.0. The molecule has 2 amide bonds. The van der Waals surface area contributed by atoms with E-state index < -0.39 is 24.2 Å². The molecule has 2 aliphatic heterocycles. The van der Waals surface area contributed by atoms with Gasteiger partial charge < -0.3 is 29.8 Å². The van der Waals surface area contributed by atoms with Crippen molar-refractivity contribution in [3.63, 3.8) is 0 Å². The Labute approximate surface area is 206 Å². The van der Waals surface area contributed by atoms with Gasteiger partial charge >= 0.3 is 7.12 Å². The summed E-state index contributed by atoms with van der Waals surface area (Å²) in [5.74, 6) is 0.0590. The maximum atomic E-state index is 12.7. The van der Waals surface area contributed by atoms with E-state index in [1.54, 1.807) is 36.4 Å². The van der Waals surface area contributed by atoms with Gasteiger partial charge in [0.2, 0.25) is 5.91 Å². The van der Waals surface area contributed by atoms with Crippen molar-refractivity contribution in [1.82, 2.24) is 4.90 Å². The third-order valence-electron chi connectivity index (χ3n) is 7.17. The third-order valence-corrected chi connectivity index (χ3v) is 7.17. The summed E-state index contributed by atoms with van der Waals surface area (Å²) in [4.78, 5) is 26.7. The SMILES string of the molecule is CC1(C)OB(c2ccc(OC3CCN(C(=O)Cc4ccc(O)cc4)CC3)c(C(N)=O)c2)OC1(C)C. The van der Waals surface area contributed by atoms with Gasteiger partial charge in [0, 0.05) is 25.9 Å². The number of amides is 2. The summed E-state index contributed by atoms with van der Waals surface area (Å²) in [7, 11) is -0.602. The van der Waals surface area contributed by atoms with E-state index in [0.29, 0.717) is 37.1 Å². The lowest BCUT2D eigenvalue weighted by atomic mass is 9.78. The number of nitrogens with zero attached hydrogens (tertiary/aromatic N) is 1. The average Bonchev–Trinajstić information content (AvgIpc) is 3.02. The topological polar surface area (TPSA) is 111 Å². The van der Waals surface area contributed by atoms with Crippen LogP contribution >= 0.6 is 0 Å². The molecule has 2 fully saturated rings. The second-order valence-corrected chi connectivity index (χ2v) is 10.2. The largest absolute Gasteiger partial charge is 0.508 e. The molecule has 2 saturated heterocycles. The summed E-state index contributed by atoms with van der Waals surface area (Å²) in [5, 5.41) is 9.40. The van der Waals surface area contributed by atoms with E-state index in [9.17, 15) is 14.7 Å². The van der Waals surface area contributed by atoms with Gasteiger partial charge in [-0.15, -0.1) is 0 Å². The Morgan fingerprint density at radius 1 is 1.06 bits per heavy atom. The average molecular weight is 480 g/mol. The van der Waals surface area contributed by atoms with E-state index in [-0.39, 0.29) is 29.7 Å². The van der Waals surface area contributed by atoms with Crippen molar-refractivity contribution >= 4 is 24.4 Å². The van der Waals surface area contributed by atoms with Crippen LogP contribution in [-0.2, 0) is 20.5 Å². The number of hydrogen-bond donors (Lipinski definition) is 2. The van der Waals surface area contributed by atoms with Crippen molar-refractivity contribution in [1.29, 1.82) is 0 Å². The Kier molecular flexibility index (Phi) is 6.84. The molecule has 0 radical (unpaired) electrons. The molecule has 0 bridgehead atoms. The second-order valence-electron chi connectivity index (χ2n) is 10.2. The fourth-order valence-corrected chi connectivity index (χ4v) is 4.27. The summed E-state index contributed by atoms with van der Waals surface area (Å²) >= 11 is 0. The van der Waals surface area contributed by atoms with Gasteiger partial charge in [-0.25, -0.2) is 0 Å². The number of ether oxygens (including phenoxy) is 1. The number of phenolic OH excluding ortho intramolecular Hbond substituents is 1. The minimum Gasteiger partial charge on any atom is -0.508 e. The Bertz CT molecular complexity index is 1080. The fourth-order valence-electron chi connectivity index (χ4n) is 4.27. The van der Waals surface area contributed by atoms with Crippen LogP contribution in [0.4, 0.5) is 0 Å². The summed E-state index contributed by atoms with van der Waals surface area (Å²) in [6.07, 6.45) is 1.46. The monoisotopic (exact) mass is 480 g/mol. The van der Waals surface area contributed by atoms with Crippen LogP contribution in [0.3, 0.4) is 0 Å². The first-order valence-corrected chi connectivity index (χ1v) is 12.0. The highest BCUT2D eigenvalue weighted by atomic mass is 16.7. The molecule has 2 aliphatic rings. The van der Waals surface area contributed by atoms with Crippen molar-refractivity contribution in [2.75, 3.05) is 13.1 Å². The maximum absolute atomic E-state index is 12.7. The van der Waals surface area contributed by atoms with Crippen LogP contribution in [-0.4, -0.2) is 59.3 Å². The van der Waals surface area contributed by atoms with E-state index in [4.69, 9.17) is 19.8 Å². The number of nitrogens with two attached hydrogens (primary N) is 1. The highest BCUT2D eigenvalue weighted by Gasteiger charge is 2.51. The van der Waals surface area contributed by atoms with Crippen LogP contribution in [0, 0.1) is 0 Å². The molecular formula is C26H33BN2O6. The van der Waals surface area contributed by atoms with Gasteiger partial charge in [-0.05, 0) is 63.0 Å². The van der Waals surface area contributed by atoms with Gasteiger partial charge in [0.1, 0.15) is 17.6 Å². The molecule has 0 aromatic heterocycles. The standard InChI is InChI=1S/C26H33BN2O6/c1-25(2)26(3,4)35-27(34-25)18-7-10-22(21(16-18)24(28)32)33-20-11-13-29(14-12-20)23(31)15-17-5-8-19(30)9-6-17/h5-10,16,20,30H,11-15H2,1-4H3,(H2,28,32). The van der Waals surface area contributed by atoms with E-state index in [1.165, 1.54) is 0 Å². The first-order chi connectivity index (χ1) is 16.4. The summed E-state index contributed by atoms with van der Waals surface area (Å²) in [5.41, 5.74) is 6.53. The molecular weight excluding hydrogens is 447 g/mol. The van der Waals surface area contributed by atoms with Crippen molar-refractivity contribution in [3.05, 3.63) is 53.6 Å². The number of rotatable bonds is 6. The zero-order valence-corrected chi connectivity index (χ0v) is 20.7. The molecule has 0 aliphatic carbocycles. The Balaban J connectivity index is 1.37. The lowest BCUT2D eigenvalue weighted by molar-refractivity contribution is -0.132. The molecule has 4 rings (SSSR count). The minimum absolute atomic E-state index is 0.0405. The predicted molar refractivity (Wildman–Crippen MR) is 133 cm³/mol. The van der Waals surface area contributed by atoms with Gasteiger partial charge in [-0.3, -0.25) is 9.59 Å². The summed E-state index contributed by atoms with van der Waals surface area (Å²) in [6.45, 7) is 9.03. The van der Waals surface area contributed by atoms with Gasteiger partial charge in [0.05, 0.1) is 23.2 Å². The van der Waals surface area contributed by atoms with Crippen LogP contribution < -0.4 is 15.9 Å². The third kappa shape index (κ3) is 5.46. The number of aromatic hydroxyl groups is 1. The number of carbonyl (C=O) groups is 2. The van der Waals surface area contributed by atoms with Gasteiger partial charge in [-0.1, -0.05) is 18.2 Å². The number of benzene rings is 2. The zero-order valence-electron chi connectivity index (χ0n) is 20.7. The Hall–Kier alpha value is -3.04. The first kappa shape index (κ1) is 25.1. The number of carbonyl (C=O) groups excluding carboxylic acids is 2.